The molecule has 0 heterocycles. The number of rotatable bonds is 10. The average molecular weight is 265 g/mol. The highest BCUT2D eigenvalue weighted by atomic mass is 16.5. The summed E-state index contributed by atoms with van der Waals surface area (Å²) in [6, 6.07) is 8.48. The zero-order valence-electron chi connectivity index (χ0n) is 12.4. The van der Waals surface area contributed by atoms with Crippen LogP contribution in [0.4, 0.5) is 0 Å². The van der Waals surface area contributed by atoms with Crippen molar-refractivity contribution in [2.75, 3.05) is 33.4 Å². The molecule has 0 radical (unpaired) electrons. The van der Waals surface area contributed by atoms with Crippen LogP contribution in [0.25, 0.3) is 0 Å². The monoisotopic (exact) mass is 265 g/mol. The second kappa shape index (κ2) is 9.96. The molecule has 1 N–H and O–H groups in total. The van der Waals surface area contributed by atoms with Gasteiger partial charge in [0.05, 0.1) is 19.3 Å². The largest absolute Gasteiger partial charge is 0.379 e. The minimum Gasteiger partial charge on any atom is -0.379 e. The predicted molar refractivity (Wildman–Crippen MR) is 79.5 cm³/mol. The second-order valence-electron chi connectivity index (χ2n) is 4.80. The number of aryl methyl sites for hydroxylation is 1. The van der Waals surface area contributed by atoms with Gasteiger partial charge >= 0.3 is 0 Å². The smallest absolute Gasteiger partial charge is 0.0950 e. The van der Waals surface area contributed by atoms with Crippen LogP contribution >= 0.6 is 0 Å². The minimum atomic E-state index is 0.0969. The van der Waals surface area contributed by atoms with Gasteiger partial charge in [0.15, 0.2) is 0 Å². The van der Waals surface area contributed by atoms with Gasteiger partial charge in [0.1, 0.15) is 0 Å². The maximum absolute atomic E-state index is 5.92. The molecular formula is C16H27NO2. The summed E-state index contributed by atoms with van der Waals surface area (Å²) in [6.07, 6.45) is 2.39. The Balaban J connectivity index is 2.36. The average Bonchev–Trinajstić information content (AvgIpc) is 2.41. The molecule has 0 fully saturated rings. The zero-order chi connectivity index (χ0) is 13.9. The van der Waals surface area contributed by atoms with Crippen LogP contribution in [-0.4, -0.2) is 33.4 Å². The van der Waals surface area contributed by atoms with E-state index in [0.717, 1.165) is 19.6 Å². The molecular weight excluding hydrogens is 238 g/mol. The fourth-order valence-corrected chi connectivity index (χ4v) is 1.93. The molecule has 0 aromatic heterocycles. The first-order chi connectivity index (χ1) is 9.27. The lowest BCUT2D eigenvalue weighted by atomic mass is 10.1. The van der Waals surface area contributed by atoms with Gasteiger partial charge in [-0.3, -0.25) is 0 Å². The van der Waals surface area contributed by atoms with Crippen molar-refractivity contribution in [2.45, 2.75) is 32.8 Å². The van der Waals surface area contributed by atoms with Crippen LogP contribution in [0.3, 0.4) is 0 Å². The van der Waals surface area contributed by atoms with Gasteiger partial charge in [0.25, 0.3) is 0 Å². The van der Waals surface area contributed by atoms with Crippen molar-refractivity contribution in [2.24, 2.45) is 0 Å². The number of hydrogen-bond acceptors (Lipinski definition) is 3. The molecule has 0 bridgehead atoms. The molecule has 0 aliphatic carbocycles. The van der Waals surface area contributed by atoms with Crippen LogP contribution in [0, 0.1) is 6.92 Å². The van der Waals surface area contributed by atoms with Gasteiger partial charge in [-0.15, -0.1) is 0 Å². The lowest BCUT2D eigenvalue weighted by molar-refractivity contribution is 0.00428. The Morgan fingerprint density at radius 3 is 2.74 bits per heavy atom. The molecule has 0 amide bonds. The number of likely N-dealkylation sites (N-methyl/N-ethyl adjacent to an activating group) is 1. The quantitative estimate of drug-likeness (QED) is 0.659. The molecule has 1 aromatic rings. The summed E-state index contributed by atoms with van der Waals surface area (Å²) >= 11 is 0. The lowest BCUT2D eigenvalue weighted by Crippen LogP contribution is -2.21. The Morgan fingerprint density at radius 1 is 1.21 bits per heavy atom. The molecule has 1 aromatic carbocycles. The third-order valence-corrected chi connectivity index (χ3v) is 2.99. The number of hydrogen-bond donors (Lipinski definition) is 1. The predicted octanol–water partition coefficient (Wildman–Crippen LogP) is 3.09. The summed E-state index contributed by atoms with van der Waals surface area (Å²) in [4.78, 5) is 0. The van der Waals surface area contributed by atoms with E-state index in [4.69, 9.17) is 9.47 Å². The topological polar surface area (TPSA) is 30.5 Å². The van der Waals surface area contributed by atoms with Crippen molar-refractivity contribution in [1.82, 2.24) is 5.32 Å². The van der Waals surface area contributed by atoms with Crippen LogP contribution in [0.2, 0.25) is 0 Å². The van der Waals surface area contributed by atoms with Crippen LogP contribution in [0.1, 0.15) is 37.0 Å². The first-order valence-corrected chi connectivity index (χ1v) is 7.18. The van der Waals surface area contributed by atoms with E-state index in [1.165, 1.54) is 17.5 Å². The Morgan fingerprint density at radius 2 is 2.05 bits per heavy atom. The summed E-state index contributed by atoms with van der Waals surface area (Å²) in [5.74, 6) is 0. The van der Waals surface area contributed by atoms with E-state index in [0.29, 0.717) is 13.2 Å². The van der Waals surface area contributed by atoms with Crippen LogP contribution < -0.4 is 5.32 Å². The molecule has 3 nitrogen and oxygen atoms in total. The van der Waals surface area contributed by atoms with E-state index in [9.17, 15) is 0 Å². The highest BCUT2D eigenvalue weighted by Crippen LogP contribution is 2.17. The molecule has 0 saturated heterocycles. The first kappa shape index (κ1) is 16.2. The molecule has 108 valence electrons. The highest BCUT2D eigenvalue weighted by Gasteiger charge is 2.10. The second-order valence-corrected chi connectivity index (χ2v) is 4.80. The molecule has 1 atom stereocenters. The third-order valence-electron chi connectivity index (χ3n) is 2.99. The van der Waals surface area contributed by atoms with Gasteiger partial charge in [0, 0.05) is 13.2 Å². The molecule has 0 spiro atoms. The summed E-state index contributed by atoms with van der Waals surface area (Å²) in [7, 11) is 1.95. The number of unbranched alkanes of at least 4 members (excludes halogenated alkanes) is 1. The minimum absolute atomic E-state index is 0.0969. The first-order valence-electron chi connectivity index (χ1n) is 7.18. The molecule has 3 heteroatoms. The highest BCUT2D eigenvalue weighted by molar-refractivity contribution is 5.24. The van der Waals surface area contributed by atoms with Gasteiger partial charge in [-0.1, -0.05) is 43.2 Å². The molecule has 0 aliphatic heterocycles. The van der Waals surface area contributed by atoms with Crippen molar-refractivity contribution in [3.63, 3.8) is 0 Å². The Kier molecular flexibility index (Phi) is 8.47. The van der Waals surface area contributed by atoms with Gasteiger partial charge < -0.3 is 14.8 Å². The van der Waals surface area contributed by atoms with Crippen molar-refractivity contribution < 1.29 is 9.47 Å². The van der Waals surface area contributed by atoms with E-state index in [1.54, 1.807) is 0 Å². The number of benzene rings is 1. The molecule has 1 unspecified atom stereocenters. The Hall–Kier alpha value is -0.900. The van der Waals surface area contributed by atoms with Crippen molar-refractivity contribution in [3.8, 4) is 0 Å². The van der Waals surface area contributed by atoms with E-state index < -0.39 is 0 Å². The Bertz CT molecular complexity index is 341. The van der Waals surface area contributed by atoms with Crippen LogP contribution in [-0.2, 0) is 9.47 Å². The van der Waals surface area contributed by atoms with Crippen molar-refractivity contribution in [3.05, 3.63) is 35.4 Å². The van der Waals surface area contributed by atoms with Crippen molar-refractivity contribution >= 4 is 0 Å². The summed E-state index contributed by atoms with van der Waals surface area (Å²) in [5, 5.41) is 3.18. The van der Waals surface area contributed by atoms with Gasteiger partial charge in [-0.25, -0.2) is 0 Å². The van der Waals surface area contributed by atoms with E-state index in [-0.39, 0.29) is 6.10 Å². The third kappa shape index (κ3) is 6.71. The van der Waals surface area contributed by atoms with E-state index >= 15 is 0 Å². The van der Waals surface area contributed by atoms with Gasteiger partial charge in [0.2, 0.25) is 0 Å². The normalized spacial score (nSPS) is 12.6. The zero-order valence-corrected chi connectivity index (χ0v) is 12.4. The Labute approximate surface area is 117 Å². The maximum Gasteiger partial charge on any atom is 0.0950 e. The molecule has 1 rings (SSSR count). The number of nitrogens with one attached hydrogen (secondary N) is 1. The van der Waals surface area contributed by atoms with Crippen LogP contribution in [0.5, 0.6) is 0 Å². The number of ether oxygens (including phenoxy) is 2. The van der Waals surface area contributed by atoms with E-state index in [2.05, 4.69) is 43.4 Å². The summed E-state index contributed by atoms with van der Waals surface area (Å²) in [6.45, 7) is 7.24. The van der Waals surface area contributed by atoms with E-state index in [1.807, 2.05) is 7.05 Å². The molecule has 19 heavy (non-hydrogen) atoms. The standard InChI is InChI=1S/C16H27NO2/c1-4-5-9-18-10-11-19-16(13-17-3)15-8-6-7-14(2)12-15/h6-8,12,16-17H,4-5,9-11,13H2,1-3H3. The summed E-state index contributed by atoms with van der Waals surface area (Å²) in [5.41, 5.74) is 2.49. The van der Waals surface area contributed by atoms with Crippen molar-refractivity contribution in [1.29, 1.82) is 0 Å². The van der Waals surface area contributed by atoms with Gasteiger partial charge in [-0.05, 0) is 26.0 Å². The summed E-state index contributed by atoms with van der Waals surface area (Å²) < 4.78 is 11.4. The SMILES string of the molecule is CCCCOCCOC(CNC)c1cccc(C)c1. The van der Waals surface area contributed by atoms with Gasteiger partial charge in [-0.2, -0.15) is 0 Å². The van der Waals surface area contributed by atoms with Crippen LogP contribution in [0.15, 0.2) is 24.3 Å². The maximum atomic E-state index is 5.92. The lowest BCUT2D eigenvalue weighted by Gasteiger charge is -2.18. The fourth-order valence-electron chi connectivity index (χ4n) is 1.93. The molecule has 0 aliphatic rings. The molecule has 0 saturated carbocycles. The fraction of sp³-hybridized carbons (Fsp3) is 0.625.